The fraction of sp³-hybridized carbons (Fsp3) is 0. The fourth-order valence-corrected chi connectivity index (χ4v) is 1.69. The SMILES string of the molecule is O=C(O)Nc1ccc(Oc2ccc(Cl)c(Cl)c2)cc1. The zero-order valence-electron chi connectivity index (χ0n) is 9.56. The van der Waals surface area contributed by atoms with Crippen molar-refractivity contribution in [2.75, 3.05) is 5.32 Å². The summed E-state index contributed by atoms with van der Waals surface area (Å²) in [6.07, 6.45) is -1.11. The maximum atomic E-state index is 10.4. The number of halogens is 2. The average molecular weight is 298 g/mol. The second-order valence-corrected chi connectivity index (χ2v) is 4.45. The smallest absolute Gasteiger partial charge is 0.409 e. The summed E-state index contributed by atoms with van der Waals surface area (Å²) in [4.78, 5) is 10.4. The normalized spacial score (nSPS) is 10.0. The van der Waals surface area contributed by atoms with Crippen LogP contribution >= 0.6 is 23.2 Å². The number of benzene rings is 2. The molecule has 0 fully saturated rings. The van der Waals surface area contributed by atoms with Crippen molar-refractivity contribution in [2.24, 2.45) is 0 Å². The van der Waals surface area contributed by atoms with E-state index in [2.05, 4.69) is 5.32 Å². The third-order valence-corrected chi connectivity index (χ3v) is 2.97. The van der Waals surface area contributed by atoms with Gasteiger partial charge in [-0.05, 0) is 36.4 Å². The Labute approximate surface area is 119 Å². The molecule has 2 rings (SSSR count). The summed E-state index contributed by atoms with van der Waals surface area (Å²) in [5, 5.41) is 11.7. The molecule has 0 atom stereocenters. The second-order valence-electron chi connectivity index (χ2n) is 3.63. The summed E-state index contributed by atoms with van der Waals surface area (Å²) in [7, 11) is 0. The van der Waals surface area contributed by atoms with Gasteiger partial charge < -0.3 is 9.84 Å². The Kier molecular flexibility index (Phi) is 4.14. The quantitative estimate of drug-likeness (QED) is 0.849. The number of anilines is 1. The van der Waals surface area contributed by atoms with E-state index >= 15 is 0 Å². The van der Waals surface area contributed by atoms with Crippen LogP contribution in [0.3, 0.4) is 0 Å². The Morgan fingerprint density at radius 1 is 1.00 bits per heavy atom. The summed E-state index contributed by atoms with van der Waals surface area (Å²) < 4.78 is 5.56. The van der Waals surface area contributed by atoms with Crippen LogP contribution in [0, 0.1) is 0 Å². The monoisotopic (exact) mass is 297 g/mol. The molecular formula is C13H9Cl2NO3. The van der Waals surface area contributed by atoms with Crippen LogP contribution in [0.25, 0.3) is 0 Å². The van der Waals surface area contributed by atoms with Crippen molar-refractivity contribution in [3.63, 3.8) is 0 Å². The van der Waals surface area contributed by atoms with Crippen LogP contribution in [-0.4, -0.2) is 11.2 Å². The summed E-state index contributed by atoms with van der Waals surface area (Å²) in [6, 6.07) is 11.4. The molecule has 4 nitrogen and oxygen atoms in total. The van der Waals surface area contributed by atoms with E-state index in [0.29, 0.717) is 27.2 Å². The van der Waals surface area contributed by atoms with E-state index in [4.69, 9.17) is 33.0 Å². The first-order valence-electron chi connectivity index (χ1n) is 5.27. The van der Waals surface area contributed by atoms with Crippen molar-refractivity contribution in [3.8, 4) is 11.5 Å². The standard InChI is InChI=1S/C13H9Cl2NO3/c14-11-6-5-10(7-12(11)15)19-9-3-1-8(2-4-9)16-13(17)18/h1-7,16H,(H,17,18). The third kappa shape index (κ3) is 3.77. The van der Waals surface area contributed by atoms with Gasteiger partial charge in [0.1, 0.15) is 11.5 Å². The summed E-state index contributed by atoms with van der Waals surface area (Å²) >= 11 is 11.7. The topological polar surface area (TPSA) is 58.6 Å². The molecule has 0 aliphatic carbocycles. The number of rotatable bonds is 3. The van der Waals surface area contributed by atoms with E-state index < -0.39 is 6.09 Å². The van der Waals surface area contributed by atoms with Crippen LogP contribution in [-0.2, 0) is 0 Å². The van der Waals surface area contributed by atoms with Crippen LogP contribution in [0.4, 0.5) is 10.5 Å². The van der Waals surface area contributed by atoms with Crippen molar-refractivity contribution < 1.29 is 14.6 Å². The molecule has 0 saturated carbocycles. The van der Waals surface area contributed by atoms with Gasteiger partial charge in [0, 0.05) is 11.8 Å². The Bertz CT molecular complexity index is 599. The number of nitrogens with one attached hydrogen (secondary N) is 1. The van der Waals surface area contributed by atoms with E-state index in [0.717, 1.165) is 0 Å². The molecule has 98 valence electrons. The number of hydrogen-bond donors (Lipinski definition) is 2. The van der Waals surface area contributed by atoms with Gasteiger partial charge in [-0.25, -0.2) is 4.79 Å². The maximum absolute atomic E-state index is 10.4. The van der Waals surface area contributed by atoms with Gasteiger partial charge in [0.15, 0.2) is 0 Å². The molecule has 1 amide bonds. The van der Waals surface area contributed by atoms with E-state index in [1.165, 1.54) is 0 Å². The largest absolute Gasteiger partial charge is 0.465 e. The zero-order chi connectivity index (χ0) is 13.8. The molecule has 2 aromatic carbocycles. The molecule has 0 unspecified atom stereocenters. The first-order valence-corrected chi connectivity index (χ1v) is 6.03. The number of hydrogen-bond acceptors (Lipinski definition) is 2. The first-order chi connectivity index (χ1) is 9.04. The van der Waals surface area contributed by atoms with Gasteiger partial charge in [0.2, 0.25) is 0 Å². The molecule has 2 aromatic rings. The Balaban J connectivity index is 2.10. The number of carboxylic acid groups (broad SMARTS) is 1. The highest BCUT2D eigenvalue weighted by atomic mass is 35.5. The van der Waals surface area contributed by atoms with Gasteiger partial charge in [-0.3, -0.25) is 5.32 Å². The Hall–Kier alpha value is -1.91. The van der Waals surface area contributed by atoms with Gasteiger partial charge in [-0.15, -0.1) is 0 Å². The highest BCUT2D eigenvalue weighted by molar-refractivity contribution is 6.42. The van der Waals surface area contributed by atoms with Crippen molar-refractivity contribution in [3.05, 3.63) is 52.5 Å². The third-order valence-electron chi connectivity index (χ3n) is 2.23. The zero-order valence-corrected chi connectivity index (χ0v) is 11.1. The van der Waals surface area contributed by atoms with Crippen LogP contribution in [0.1, 0.15) is 0 Å². The molecule has 0 aliphatic rings. The van der Waals surface area contributed by atoms with E-state index in [9.17, 15) is 4.79 Å². The molecule has 0 radical (unpaired) electrons. The Morgan fingerprint density at radius 3 is 2.21 bits per heavy atom. The van der Waals surface area contributed by atoms with Gasteiger partial charge in [0.25, 0.3) is 0 Å². The van der Waals surface area contributed by atoms with Gasteiger partial charge in [-0.2, -0.15) is 0 Å². The van der Waals surface area contributed by atoms with Crippen LogP contribution in [0.15, 0.2) is 42.5 Å². The molecular weight excluding hydrogens is 289 g/mol. The lowest BCUT2D eigenvalue weighted by atomic mass is 10.3. The fourth-order valence-electron chi connectivity index (χ4n) is 1.41. The molecule has 19 heavy (non-hydrogen) atoms. The molecule has 2 N–H and O–H groups in total. The average Bonchev–Trinajstić information content (AvgIpc) is 2.36. The highest BCUT2D eigenvalue weighted by Gasteiger charge is 2.03. The lowest BCUT2D eigenvalue weighted by Crippen LogP contribution is -2.06. The summed E-state index contributed by atoms with van der Waals surface area (Å²) in [5.41, 5.74) is 0.467. The van der Waals surface area contributed by atoms with Crippen LogP contribution < -0.4 is 10.1 Å². The predicted molar refractivity (Wildman–Crippen MR) is 74.6 cm³/mol. The predicted octanol–water partition coefficient (Wildman–Crippen LogP) is 4.88. The molecule has 0 aromatic heterocycles. The van der Waals surface area contributed by atoms with Crippen molar-refractivity contribution in [1.29, 1.82) is 0 Å². The highest BCUT2D eigenvalue weighted by Crippen LogP contribution is 2.29. The maximum Gasteiger partial charge on any atom is 0.409 e. The van der Waals surface area contributed by atoms with Gasteiger partial charge >= 0.3 is 6.09 Å². The summed E-state index contributed by atoms with van der Waals surface area (Å²) in [5.74, 6) is 1.11. The molecule has 0 bridgehead atoms. The minimum atomic E-state index is -1.11. The van der Waals surface area contributed by atoms with E-state index in [1.54, 1.807) is 42.5 Å². The molecule has 6 heteroatoms. The first kappa shape index (κ1) is 13.5. The van der Waals surface area contributed by atoms with E-state index in [-0.39, 0.29) is 0 Å². The number of ether oxygens (including phenoxy) is 1. The Morgan fingerprint density at radius 2 is 1.63 bits per heavy atom. The van der Waals surface area contributed by atoms with Crippen molar-refractivity contribution >= 4 is 35.0 Å². The van der Waals surface area contributed by atoms with Crippen molar-refractivity contribution in [2.45, 2.75) is 0 Å². The second kappa shape index (κ2) is 5.82. The molecule has 0 heterocycles. The molecule has 0 saturated heterocycles. The molecule has 0 spiro atoms. The lowest BCUT2D eigenvalue weighted by Gasteiger charge is -2.07. The number of amides is 1. The van der Waals surface area contributed by atoms with Gasteiger partial charge in [0.05, 0.1) is 10.0 Å². The van der Waals surface area contributed by atoms with Crippen LogP contribution in [0.5, 0.6) is 11.5 Å². The van der Waals surface area contributed by atoms with E-state index in [1.807, 2.05) is 0 Å². The lowest BCUT2D eigenvalue weighted by molar-refractivity contribution is 0.209. The van der Waals surface area contributed by atoms with Gasteiger partial charge in [-0.1, -0.05) is 23.2 Å². The minimum Gasteiger partial charge on any atom is -0.465 e. The minimum absolute atomic E-state index is 0.406. The van der Waals surface area contributed by atoms with Crippen molar-refractivity contribution in [1.82, 2.24) is 0 Å². The van der Waals surface area contributed by atoms with Crippen LogP contribution in [0.2, 0.25) is 10.0 Å². The summed E-state index contributed by atoms with van der Waals surface area (Å²) in [6.45, 7) is 0. The molecule has 0 aliphatic heterocycles. The number of carbonyl (C=O) groups is 1.